The molecule has 2 N–H and O–H groups in total. The van der Waals surface area contributed by atoms with Crippen molar-refractivity contribution < 1.29 is 4.74 Å². The number of hydrogen-bond acceptors (Lipinski definition) is 6. The molecule has 0 aliphatic heterocycles. The lowest BCUT2D eigenvalue weighted by atomic mass is 10.3. The number of aromatic nitrogens is 5. The van der Waals surface area contributed by atoms with Crippen LogP contribution in [0.25, 0.3) is 0 Å². The molecule has 18 heavy (non-hydrogen) atoms. The number of hydrogen-bond donors (Lipinski definition) is 2. The highest BCUT2D eigenvalue weighted by Gasteiger charge is 2.04. The number of rotatable bonds is 6. The molecule has 0 fully saturated rings. The Labute approximate surface area is 109 Å². The SMILES string of the molecule is COc1nc(Cl)nc(NCCCc2ncc[nH]2)n1. The third kappa shape index (κ3) is 3.56. The first-order chi connectivity index (χ1) is 8.78. The van der Waals surface area contributed by atoms with Crippen LogP contribution in [-0.2, 0) is 6.42 Å². The maximum absolute atomic E-state index is 5.73. The molecule has 0 aliphatic rings. The first kappa shape index (κ1) is 12.6. The van der Waals surface area contributed by atoms with E-state index in [9.17, 15) is 0 Å². The van der Waals surface area contributed by atoms with Crippen molar-refractivity contribution in [2.24, 2.45) is 0 Å². The number of halogens is 1. The average molecular weight is 269 g/mol. The Kier molecular flexibility index (Phi) is 4.30. The van der Waals surface area contributed by atoms with Gasteiger partial charge in [-0.05, 0) is 18.0 Å². The Morgan fingerprint density at radius 1 is 1.39 bits per heavy atom. The van der Waals surface area contributed by atoms with Crippen molar-refractivity contribution in [2.75, 3.05) is 19.0 Å². The van der Waals surface area contributed by atoms with Crippen molar-refractivity contribution >= 4 is 17.5 Å². The van der Waals surface area contributed by atoms with E-state index in [0.717, 1.165) is 18.7 Å². The average Bonchev–Trinajstić information content (AvgIpc) is 2.87. The third-order valence-electron chi connectivity index (χ3n) is 2.20. The van der Waals surface area contributed by atoms with Gasteiger partial charge in [0.05, 0.1) is 7.11 Å². The van der Waals surface area contributed by atoms with Gasteiger partial charge in [0.15, 0.2) is 0 Å². The normalized spacial score (nSPS) is 10.3. The van der Waals surface area contributed by atoms with Crippen LogP contribution < -0.4 is 10.1 Å². The van der Waals surface area contributed by atoms with E-state index in [-0.39, 0.29) is 11.3 Å². The molecular weight excluding hydrogens is 256 g/mol. The maximum atomic E-state index is 5.73. The lowest BCUT2D eigenvalue weighted by Gasteiger charge is -2.05. The van der Waals surface area contributed by atoms with Crippen LogP contribution in [0, 0.1) is 0 Å². The Morgan fingerprint density at radius 2 is 2.28 bits per heavy atom. The van der Waals surface area contributed by atoms with Gasteiger partial charge in [0.1, 0.15) is 5.82 Å². The third-order valence-corrected chi connectivity index (χ3v) is 2.37. The van der Waals surface area contributed by atoms with Crippen LogP contribution in [0.2, 0.25) is 5.28 Å². The summed E-state index contributed by atoms with van der Waals surface area (Å²) in [5, 5.41) is 3.16. The first-order valence-electron chi connectivity index (χ1n) is 5.45. The molecule has 0 saturated heterocycles. The van der Waals surface area contributed by atoms with Gasteiger partial charge in [0.25, 0.3) is 0 Å². The summed E-state index contributed by atoms with van der Waals surface area (Å²) in [6.07, 6.45) is 5.30. The number of imidazole rings is 1. The van der Waals surface area contributed by atoms with Crippen molar-refractivity contribution in [1.29, 1.82) is 0 Å². The highest BCUT2D eigenvalue weighted by atomic mass is 35.5. The number of aromatic amines is 1. The van der Waals surface area contributed by atoms with Gasteiger partial charge in [0.2, 0.25) is 11.2 Å². The molecule has 2 aromatic heterocycles. The Balaban J connectivity index is 1.81. The number of aryl methyl sites for hydroxylation is 1. The molecule has 0 spiro atoms. The van der Waals surface area contributed by atoms with Crippen molar-refractivity contribution in [3.63, 3.8) is 0 Å². The summed E-state index contributed by atoms with van der Waals surface area (Å²) in [4.78, 5) is 18.9. The van der Waals surface area contributed by atoms with Crippen molar-refractivity contribution in [3.8, 4) is 6.01 Å². The van der Waals surface area contributed by atoms with Crippen LogP contribution in [0.4, 0.5) is 5.95 Å². The second-order valence-corrected chi connectivity index (χ2v) is 3.82. The number of ether oxygens (including phenoxy) is 1. The summed E-state index contributed by atoms with van der Waals surface area (Å²) < 4.78 is 4.90. The summed E-state index contributed by atoms with van der Waals surface area (Å²) >= 11 is 5.73. The first-order valence-corrected chi connectivity index (χ1v) is 5.83. The number of nitrogens with zero attached hydrogens (tertiary/aromatic N) is 4. The summed E-state index contributed by atoms with van der Waals surface area (Å²) in [7, 11) is 1.48. The molecule has 0 saturated carbocycles. The number of methoxy groups -OCH3 is 1. The molecule has 2 heterocycles. The second kappa shape index (κ2) is 6.15. The van der Waals surface area contributed by atoms with E-state index >= 15 is 0 Å². The van der Waals surface area contributed by atoms with E-state index in [2.05, 4.69) is 30.2 Å². The lowest BCUT2D eigenvalue weighted by Crippen LogP contribution is -2.08. The van der Waals surface area contributed by atoms with E-state index in [0.29, 0.717) is 12.5 Å². The van der Waals surface area contributed by atoms with Gasteiger partial charge in [-0.25, -0.2) is 4.98 Å². The van der Waals surface area contributed by atoms with Crippen LogP contribution >= 0.6 is 11.6 Å². The van der Waals surface area contributed by atoms with Crippen LogP contribution in [0.1, 0.15) is 12.2 Å². The monoisotopic (exact) mass is 268 g/mol. The summed E-state index contributed by atoms with van der Waals surface area (Å²) in [5.41, 5.74) is 0. The molecule has 0 aliphatic carbocycles. The molecule has 8 heteroatoms. The molecule has 0 amide bonds. The Bertz CT molecular complexity index is 489. The van der Waals surface area contributed by atoms with Crippen LogP contribution in [0.3, 0.4) is 0 Å². The van der Waals surface area contributed by atoms with Gasteiger partial charge in [-0.2, -0.15) is 15.0 Å². The molecular formula is C10H13ClN6O. The molecule has 0 atom stereocenters. The van der Waals surface area contributed by atoms with E-state index in [1.807, 2.05) is 0 Å². The largest absolute Gasteiger partial charge is 0.467 e. The topological polar surface area (TPSA) is 88.6 Å². The molecule has 96 valence electrons. The fourth-order valence-corrected chi connectivity index (χ4v) is 1.55. The zero-order valence-corrected chi connectivity index (χ0v) is 10.6. The quantitative estimate of drug-likeness (QED) is 0.768. The highest BCUT2D eigenvalue weighted by Crippen LogP contribution is 2.10. The van der Waals surface area contributed by atoms with Crippen molar-refractivity contribution in [3.05, 3.63) is 23.5 Å². The summed E-state index contributed by atoms with van der Waals surface area (Å²) in [5.74, 6) is 1.37. The molecule has 0 radical (unpaired) electrons. The second-order valence-electron chi connectivity index (χ2n) is 3.48. The van der Waals surface area contributed by atoms with Gasteiger partial charge >= 0.3 is 6.01 Å². The van der Waals surface area contributed by atoms with Crippen molar-refractivity contribution in [1.82, 2.24) is 24.9 Å². The van der Waals surface area contributed by atoms with Gasteiger partial charge in [0, 0.05) is 25.4 Å². The molecule has 7 nitrogen and oxygen atoms in total. The number of nitrogens with one attached hydrogen (secondary N) is 2. The van der Waals surface area contributed by atoms with Crippen molar-refractivity contribution in [2.45, 2.75) is 12.8 Å². The minimum atomic E-state index is 0.107. The number of anilines is 1. The highest BCUT2D eigenvalue weighted by molar-refractivity contribution is 6.28. The van der Waals surface area contributed by atoms with E-state index < -0.39 is 0 Å². The molecule has 0 unspecified atom stereocenters. The fourth-order valence-electron chi connectivity index (χ4n) is 1.39. The minimum Gasteiger partial charge on any atom is -0.467 e. The predicted molar refractivity (Wildman–Crippen MR) is 66.8 cm³/mol. The van der Waals surface area contributed by atoms with E-state index in [1.54, 1.807) is 12.4 Å². The van der Waals surface area contributed by atoms with Gasteiger partial charge in [-0.15, -0.1) is 0 Å². The minimum absolute atomic E-state index is 0.107. The smallest absolute Gasteiger partial charge is 0.322 e. The van der Waals surface area contributed by atoms with Crippen LogP contribution in [-0.4, -0.2) is 38.6 Å². The van der Waals surface area contributed by atoms with E-state index in [4.69, 9.17) is 16.3 Å². The lowest BCUT2D eigenvalue weighted by molar-refractivity contribution is 0.379. The zero-order valence-electron chi connectivity index (χ0n) is 9.85. The van der Waals surface area contributed by atoms with E-state index in [1.165, 1.54) is 7.11 Å². The Hall–Kier alpha value is -1.89. The molecule has 0 aromatic carbocycles. The van der Waals surface area contributed by atoms with Crippen LogP contribution in [0.15, 0.2) is 12.4 Å². The fraction of sp³-hybridized carbons (Fsp3) is 0.400. The van der Waals surface area contributed by atoms with Gasteiger partial charge < -0.3 is 15.0 Å². The standard InChI is InChI=1S/C10H13ClN6O/c1-18-10-16-8(11)15-9(17-10)14-4-2-3-7-12-5-6-13-7/h5-6H,2-4H2,1H3,(H,12,13)(H,14,15,16,17). The van der Waals surface area contributed by atoms with Gasteiger partial charge in [-0.3, -0.25) is 0 Å². The zero-order chi connectivity index (χ0) is 12.8. The van der Waals surface area contributed by atoms with Gasteiger partial charge in [-0.1, -0.05) is 0 Å². The maximum Gasteiger partial charge on any atom is 0.322 e. The summed E-state index contributed by atoms with van der Waals surface area (Å²) in [6.45, 7) is 0.712. The summed E-state index contributed by atoms with van der Waals surface area (Å²) in [6, 6.07) is 0.198. The predicted octanol–water partition coefficient (Wildman–Crippen LogP) is 1.30. The molecule has 2 rings (SSSR count). The number of H-pyrrole nitrogens is 1. The Morgan fingerprint density at radius 3 is 3.00 bits per heavy atom. The molecule has 2 aromatic rings. The molecule has 0 bridgehead atoms. The van der Waals surface area contributed by atoms with Crippen LogP contribution in [0.5, 0.6) is 6.01 Å².